The van der Waals surface area contributed by atoms with Crippen LogP contribution in [0.25, 0.3) is 11.1 Å². The number of carboxylic acids is 1. The van der Waals surface area contributed by atoms with E-state index in [9.17, 15) is 24.6 Å². The zero-order valence-corrected chi connectivity index (χ0v) is 19.5. The Labute approximate surface area is 203 Å². The Kier molecular flexibility index (Phi) is 6.01. The van der Waals surface area contributed by atoms with Gasteiger partial charge in [-0.1, -0.05) is 55.0 Å². The van der Waals surface area contributed by atoms with Crippen molar-refractivity contribution >= 4 is 18.0 Å². The lowest BCUT2D eigenvalue weighted by Crippen LogP contribution is -2.58. The van der Waals surface area contributed by atoms with E-state index >= 15 is 0 Å². The molecule has 1 saturated carbocycles. The molecule has 1 saturated heterocycles. The van der Waals surface area contributed by atoms with Gasteiger partial charge in [0, 0.05) is 38.4 Å². The minimum Gasteiger partial charge on any atom is -0.479 e. The Morgan fingerprint density at radius 2 is 1.51 bits per heavy atom. The fourth-order valence-corrected chi connectivity index (χ4v) is 5.59. The van der Waals surface area contributed by atoms with Gasteiger partial charge in [-0.2, -0.15) is 0 Å². The predicted octanol–water partition coefficient (Wildman–Crippen LogP) is 3.13. The van der Waals surface area contributed by atoms with Gasteiger partial charge in [-0.25, -0.2) is 9.59 Å². The first-order chi connectivity index (χ1) is 16.8. The van der Waals surface area contributed by atoms with Crippen molar-refractivity contribution < 1.29 is 29.3 Å². The molecule has 5 rings (SSSR count). The molecule has 0 unspecified atom stereocenters. The van der Waals surface area contributed by atoms with Gasteiger partial charge in [0.2, 0.25) is 5.91 Å². The van der Waals surface area contributed by atoms with Crippen molar-refractivity contribution in [2.24, 2.45) is 5.41 Å². The van der Waals surface area contributed by atoms with Crippen molar-refractivity contribution in [3.05, 3.63) is 59.7 Å². The maximum absolute atomic E-state index is 13.2. The Balaban J connectivity index is 1.18. The number of benzene rings is 2. The lowest BCUT2D eigenvalue weighted by molar-refractivity contribution is -0.168. The summed E-state index contributed by atoms with van der Waals surface area (Å²) in [5.74, 6) is -1.37. The summed E-state index contributed by atoms with van der Waals surface area (Å²) in [4.78, 5) is 38.7. The van der Waals surface area contributed by atoms with Crippen LogP contribution >= 0.6 is 0 Å². The fraction of sp³-hybridized carbons (Fsp3) is 0.444. The van der Waals surface area contributed by atoms with Crippen LogP contribution in [-0.2, 0) is 14.3 Å². The molecule has 184 valence electrons. The van der Waals surface area contributed by atoms with Gasteiger partial charge in [-0.3, -0.25) is 4.79 Å². The highest BCUT2D eigenvalue weighted by Crippen LogP contribution is 2.45. The van der Waals surface area contributed by atoms with Crippen LogP contribution in [0.15, 0.2) is 48.5 Å². The zero-order valence-electron chi connectivity index (χ0n) is 19.5. The van der Waals surface area contributed by atoms with E-state index in [0.29, 0.717) is 12.8 Å². The van der Waals surface area contributed by atoms with Crippen LogP contribution in [0, 0.1) is 5.41 Å². The Hall–Kier alpha value is -3.39. The summed E-state index contributed by atoms with van der Waals surface area (Å²) < 4.78 is 5.61. The van der Waals surface area contributed by atoms with Crippen molar-refractivity contribution in [2.45, 2.75) is 43.6 Å². The second kappa shape index (κ2) is 9.00. The van der Waals surface area contributed by atoms with Gasteiger partial charge in [-0.15, -0.1) is 0 Å². The van der Waals surface area contributed by atoms with Crippen molar-refractivity contribution in [1.82, 2.24) is 10.2 Å². The molecular weight excluding hydrogens is 448 g/mol. The second-order valence-corrected chi connectivity index (χ2v) is 9.94. The highest BCUT2D eigenvalue weighted by Gasteiger charge is 2.49. The first kappa shape index (κ1) is 23.4. The van der Waals surface area contributed by atoms with Crippen LogP contribution in [0.2, 0.25) is 0 Å². The van der Waals surface area contributed by atoms with E-state index in [0.717, 1.165) is 28.7 Å². The number of carbonyl (C=O) groups excluding carboxylic acids is 2. The number of likely N-dealkylation sites (tertiary alicyclic amines) is 1. The summed E-state index contributed by atoms with van der Waals surface area (Å²) in [5, 5.41) is 22.2. The molecule has 1 aliphatic heterocycles. The van der Waals surface area contributed by atoms with Crippen molar-refractivity contribution in [1.29, 1.82) is 0 Å². The van der Waals surface area contributed by atoms with Crippen LogP contribution in [-0.4, -0.2) is 64.9 Å². The maximum atomic E-state index is 13.2. The molecule has 8 heteroatoms. The smallest absolute Gasteiger partial charge is 0.407 e. The number of amides is 2. The first-order valence-corrected chi connectivity index (χ1v) is 12.2. The molecule has 2 aliphatic carbocycles. The van der Waals surface area contributed by atoms with E-state index in [1.165, 1.54) is 0 Å². The van der Waals surface area contributed by atoms with Gasteiger partial charge >= 0.3 is 12.1 Å². The summed E-state index contributed by atoms with van der Waals surface area (Å²) in [6, 6.07) is 16.3. The molecule has 2 amide bonds. The highest BCUT2D eigenvalue weighted by atomic mass is 16.5. The number of piperidine rings is 1. The number of alkyl carbamates (subject to hydrolysis) is 1. The maximum Gasteiger partial charge on any atom is 0.407 e. The normalized spacial score (nSPS) is 19.7. The van der Waals surface area contributed by atoms with E-state index in [-0.39, 0.29) is 50.9 Å². The Bertz CT molecular complexity index is 1100. The Morgan fingerprint density at radius 1 is 0.943 bits per heavy atom. The summed E-state index contributed by atoms with van der Waals surface area (Å²) in [6.07, 6.45) is 1.67. The predicted molar refractivity (Wildman–Crippen MR) is 128 cm³/mol. The van der Waals surface area contributed by atoms with Crippen molar-refractivity contribution in [2.75, 3.05) is 26.2 Å². The molecule has 0 bridgehead atoms. The lowest BCUT2D eigenvalue weighted by Gasteiger charge is -2.45. The number of carboxylic acid groups (broad SMARTS) is 1. The third kappa shape index (κ3) is 4.16. The van der Waals surface area contributed by atoms with Gasteiger partial charge < -0.3 is 25.2 Å². The van der Waals surface area contributed by atoms with Crippen LogP contribution in [0.5, 0.6) is 0 Å². The van der Waals surface area contributed by atoms with Gasteiger partial charge in [0.25, 0.3) is 0 Å². The average molecular weight is 479 g/mol. The molecule has 35 heavy (non-hydrogen) atoms. The highest BCUT2D eigenvalue weighted by molar-refractivity contribution is 5.85. The second-order valence-electron chi connectivity index (χ2n) is 9.94. The number of fused-ring (bicyclic) bond motifs is 3. The van der Waals surface area contributed by atoms with E-state index in [4.69, 9.17) is 4.74 Å². The molecule has 0 atom stereocenters. The number of nitrogens with one attached hydrogen (secondary N) is 1. The average Bonchev–Trinajstić information content (AvgIpc) is 3.16. The van der Waals surface area contributed by atoms with Crippen LogP contribution < -0.4 is 5.32 Å². The van der Waals surface area contributed by atoms with Gasteiger partial charge in [-0.05, 0) is 35.1 Å². The molecule has 3 N–H and O–H groups in total. The number of carbonyl (C=O) groups is 3. The third-order valence-electron chi connectivity index (χ3n) is 7.96. The fourth-order valence-electron chi connectivity index (χ4n) is 5.59. The summed E-state index contributed by atoms with van der Waals surface area (Å²) in [6.45, 7) is 0.769. The summed E-state index contributed by atoms with van der Waals surface area (Å²) in [7, 11) is 0. The Morgan fingerprint density at radius 3 is 2.03 bits per heavy atom. The molecule has 2 aromatic carbocycles. The largest absolute Gasteiger partial charge is 0.479 e. The first-order valence-electron chi connectivity index (χ1n) is 12.2. The number of ether oxygens (including phenoxy) is 1. The zero-order chi connectivity index (χ0) is 24.6. The van der Waals surface area contributed by atoms with Gasteiger partial charge in [0.15, 0.2) is 5.60 Å². The number of rotatable bonds is 6. The van der Waals surface area contributed by atoms with Crippen LogP contribution in [0.3, 0.4) is 0 Å². The molecule has 2 fully saturated rings. The van der Waals surface area contributed by atoms with Gasteiger partial charge in [0.05, 0.1) is 5.41 Å². The number of aliphatic carboxylic acids is 1. The third-order valence-corrected chi connectivity index (χ3v) is 7.96. The molecule has 2 aromatic rings. The van der Waals surface area contributed by atoms with Gasteiger partial charge in [0.1, 0.15) is 6.61 Å². The van der Waals surface area contributed by atoms with E-state index < -0.39 is 23.1 Å². The SMILES string of the molecule is O=C(NCC1(C(=O)N2CCC(O)(C(=O)O)CC2)CCC1)OCC1c2ccccc2-c2ccccc21. The van der Waals surface area contributed by atoms with E-state index in [1.54, 1.807) is 4.90 Å². The molecule has 8 nitrogen and oxygen atoms in total. The van der Waals surface area contributed by atoms with Crippen molar-refractivity contribution in [3.8, 4) is 11.1 Å². The monoisotopic (exact) mass is 478 g/mol. The number of nitrogens with zero attached hydrogens (tertiary/aromatic N) is 1. The van der Waals surface area contributed by atoms with Crippen molar-refractivity contribution in [3.63, 3.8) is 0 Å². The quantitative estimate of drug-likeness (QED) is 0.588. The molecule has 1 heterocycles. The number of hydrogen-bond acceptors (Lipinski definition) is 5. The minimum absolute atomic E-state index is 0.00393. The molecule has 0 aromatic heterocycles. The summed E-state index contributed by atoms with van der Waals surface area (Å²) in [5.41, 5.74) is 2.13. The van der Waals surface area contributed by atoms with Crippen LogP contribution in [0.1, 0.15) is 49.1 Å². The summed E-state index contributed by atoms with van der Waals surface area (Å²) >= 11 is 0. The van der Waals surface area contributed by atoms with E-state index in [2.05, 4.69) is 29.6 Å². The minimum atomic E-state index is -1.77. The molecule has 0 radical (unpaired) electrons. The number of aliphatic hydroxyl groups is 1. The standard InChI is InChI=1S/C27H30N2O6/c30-23(29-14-12-27(34,13-15-29)24(31)32)26(10-5-11-26)17-28-25(33)35-16-22-20-8-3-1-6-18(20)19-7-2-4-9-21(19)22/h1-4,6-9,22,34H,5,10-17H2,(H,28,33)(H,31,32). The van der Waals surface area contributed by atoms with Crippen LogP contribution in [0.4, 0.5) is 4.79 Å². The molecule has 3 aliphatic rings. The molecule has 0 spiro atoms. The number of hydrogen-bond donors (Lipinski definition) is 3. The lowest BCUT2D eigenvalue weighted by atomic mass is 9.67. The van der Waals surface area contributed by atoms with E-state index in [1.807, 2.05) is 24.3 Å². The molecular formula is C27H30N2O6. The topological polar surface area (TPSA) is 116 Å².